The third-order valence-corrected chi connectivity index (χ3v) is 4.68. The number of rotatable bonds is 5. The molecule has 0 saturated heterocycles. The van der Waals surface area contributed by atoms with Gasteiger partial charge in [0, 0.05) is 17.3 Å². The number of nitrogens with zero attached hydrogens (tertiary/aromatic N) is 1. The average Bonchev–Trinajstić information content (AvgIpc) is 2.54. The summed E-state index contributed by atoms with van der Waals surface area (Å²) in [6, 6.07) is 14.7. The van der Waals surface area contributed by atoms with Gasteiger partial charge < -0.3 is 5.11 Å². The van der Waals surface area contributed by atoms with Gasteiger partial charge in [0.2, 0.25) is 10.0 Å². The van der Waals surface area contributed by atoms with Crippen LogP contribution in [0.25, 0.3) is 10.9 Å². The number of carboxylic acid groups (broad SMARTS) is 1. The van der Waals surface area contributed by atoms with Crippen LogP contribution in [0.4, 0.5) is 5.69 Å². The van der Waals surface area contributed by atoms with E-state index < -0.39 is 16.0 Å². The van der Waals surface area contributed by atoms with Crippen molar-refractivity contribution in [2.24, 2.45) is 0 Å². The van der Waals surface area contributed by atoms with E-state index in [1.165, 1.54) is 24.3 Å². The van der Waals surface area contributed by atoms with Gasteiger partial charge in [-0.3, -0.25) is 9.71 Å². The van der Waals surface area contributed by atoms with Crippen molar-refractivity contribution in [3.8, 4) is 0 Å². The van der Waals surface area contributed by atoms with Crippen LogP contribution >= 0.6 is 0 Å². The van der Waals surface area contributed by atoms with E-state index in [0.29, 0.717) is 11.1 Å². The van der Waals surface area contributed by atoms with Gasteiger partial charge in [0.05, 0.1) is 16.8 Å². The number of para-hydroxylation sites is 1. The maximum absolute atomic E-state index is 12.4. The molecule has 122 valence electrons. The number of carbonyl (C=O) groups is 1. The lowest BCUT2D eigenvalue weighted by Gasteiger charge is -2.10. The first-order chi connectivity index (χ1) is 11.4. The molecule has 24 heavy (non-hydrogen) atoms. The lowest BCUT2D eigenvalue weighted by Crippen LogP contribution is -2.15. The summed E-state index contributed by atoms with van der Waals surface area (Å²) in [5.74, 6) is -1.37. The van der Waals surface area contributed by atoms with Gasteiger partial charge in [-0.1, -0.05) is 30.3 Å². The number of hydrogen-bond acceptors (Lipinski definition) is 4. The zero-order chi connectivity index (χ0) is 17.2. The monoisotopic (exact) mass is 342 g/mol. The van der Waals surface area contributed by atoms with Crippen LogP contribution in [0.1, 0.15) is 15.9 Å². The molecule has 0 atom stereocenters. The minimum atomic E-state index is -3.70. The van der Waals surface area contributed by atoms with Crippen molar-refractivity contribution >= 4 is 32.6 Å². The molecule has 2 aromatic carbocycles. The Morgan fingerprint density at radius 1 is 1.08 bits per heavy atom. The maximum atomic E-state index is 12.4. The molecule has 3 rings (SSSR count). The Bertz CT molecular complexity index is 1010. The van der Waals surface area contributed by atoms with E-state index >= 15 is 0 Å². The van der Waals surface area contributed by atoms with E-state index in [1.54, 1.807) is 24.4 Å². The molecular formula is C17H14N2O4S. The normalized spacial score (nSPS) is 11.3. The lowest BCUT2D eigenvalue weighted by atomic mass is 10.1. The molecule has 0 aliphatic carbocycles. The molecule has 3 aromatic rings. The summed E-state index contributed by atoms with van der Waals surface area (Å²) in [6.45, 7) is 0. The summed E-state index contributed by atoms with van der Waals surface area (Å²) in [5.41, 5.74) is 1.43. The van der Waals surface area contributed by atoms with Gasteiger partial charge in [-0.2, -0.15) is 0 Å². The summed E-state index contributed by atoms with van der Waals surface area (Å²) >= 11 is 0. The Hall–Kier alpha value is -2.93. The molecule has 0 fully saturated rings. The van der Waals surface area contributed by atoms with Gasteiger partial charge in [0.1, 0.15) is 0 Å². The summed E-state index contributed by atoms with van der Waals surface area (Å²) in [5, 5.41) is 9.83. The Labute approximate surface area is 138 Å². The SMILES string of the molecule is O=C(O)c1cccc(NS(=O)(=O)Cc2cccc3cccnc23)c1. The molecule has 1 aromatic heterocycles. The Morgan fingerprint density at radius 2 is 1.83 bits per heavy atom. The molecule has 7 heteroatoms. The van der Waals surface area contributed by atoms with Crippen molar-refractivity contribution in [1.29, 1.82) is 0 Å². The van der Waals surface area contributed by atoms with Crippen molar-refractivity contribution in [3.05, 3.63) is 71.9 Å². The highest BCUT2D eigenvalue weighted by Gasteiger charge is 2.15. The molecule has 0 unspecified atom stereocenters. The van der Waals surface area contributed by atoms with Crippen LogP contribution in [0, 0.1) is 0 Å². The number of pyridine rings is 1. The second-order valence-electron chi connectivity index (χ2n) is 5.24. The maximum Gasteiger partial charge on any atom is 0.335 e. The van der Waals surface area contributed by atoms with Crippen molar-refractivity contribution in [3.63, 3.8) is 0 Å². The van der Waals surface area contributed by atoms with Gasteiger partial charge in [0.25, 0.3) is 0 Å². The number of sulfonamides is 1. The van der Waals surface area contributed by atoms with Crippen LogP contribution in [-0.2, 0) is 15.8 Å². The van der Waals surface area contributed by atoms with Crippen LogP contribution in [-0.4, -0.2) is 24.5 Å². The largest absolute Gasteiger partial charge is 0.478 e. The number of anilines is 1. The van der Waals surface area contributed by atoms with E-state index in [9.17, 15) is 13.2 Å². The minimum Gasteiger partial charge on any atom is -0.478 e. The quantitative estimate of drug-likeness (QED) is 0.743. The van der Waals surface area contributed by atoms with E-state index in [2.05, 4.69) is 9.71 Å². The van der Waals surface area contributed by atoms with Crippen LogP contribution in [0.3, 0.4) is 0 Å². The first kappa shape index (κ1) is 15.9. The molecule has 0 saturated carbocycles. The van der Waals surface area contributed by atoms with Gasteiger partial charge >= 0.3 is 5.97 Å². The summed E-state index contributed by atoms with van der Waals surface area (Å²) in [6.07, 6.45) is 1.61. The summed E-state index contributed by atoms with van der Waals surface area (Å²) < 4.78 is 27.2. The fourth-order valence-corrected chi connectivity index (χ4v) is 3.62. The lowest BCUT2D eigenvalue weighted by molar-refractivity contribution is 0.0697. The zero-order valence-electron chi connectivity index (χ0n) is 12.5. The van der Waals surface area contributed by atoms with E-state index in [0.717, 1.165) is 5.39 Å². The van der Waals surface area contributed by atoms with Crippen molar-refractivity contribution in [2.45, 2.75) is 5.75 Å². The number of nitrogens with one attached hydrogen (secondary N) is 1. The van der Waals surface area contributed by atoms with Gasteiger partial charge in [0.15, 0.2) is 0 Å². The average molecular weight is 342 g/mol. The summed E-state index contributed by atoms with van der Waals surface area (Å²) in [4.78, 5) is 15.2. The van der Waals surface area contributed by atoms with E-state index in [-0.39, 0.29) is 17.0 Å². The van der Waals surface area contributed by atoms with E-state index in [4.69, 9.17) is 5.11 Å². The molecule has 0 radical (unpaired) electrons. The Kier molecular flexibility index (Phi) is 4.18. The molecule has 0 aliphatic rings. The van der Waals surface area contributed by atoms with Crippen molar-refractivity contribution < 1.29 is 18.3 Å². The topological polar surface area (TPSA) is 96.4 Å². The Balaban J connectivity index is 1.88. The molecule has 1 heterocycles. The third-order valence-electron chi connectivity index (χ3n) is 3.44. The van der Waals surface area contributed by atoms with E-state index in [1.807, 2.05) is 12.1 Å². The fraction of sp³-hybridized carbons (Fsp3) is 0.0588. The second-order valence-corrected chi connectivity index (χ2v) is 6.96. The van der Waals surface area contributed by atoms with Gasteiger partial charge in [-0.15, -0.1) is 0 Å². The smallest absolute Gasteiger partial charge is 0.335 e. The number of carboxylic acids is 1. The minimum absolute atomic E-state index is 0.0158. The van der Waals surface area contributed by atoms with Crippen LogP contribution < -0.4 is 4.72 Å². The highest BCUT2D eigenvalue weighted by Crippen LogP contribution is 2.20. The van der Waals surface area contributed by atoms with Crippen molar-refractivity contribution in [1.82, 2.24) is 4.98 Å². The fourth-order valence-electron chi connectivity index (χ4n) is 2.42. The van der Waals surface area contributed by atoms with Crippen molar-refractivity contribution in [2.75, 3.05) is 4.72 Å². The predicted octanol–water partition coefficient (Wildman–Crippen LogP) is 2.87. The first-order valence-corrected chi connectivity index (χ1v) is 8.76. The molecular weight excluding hydrogens is 328 g/mol. The molecule has 2 N–H and O–H groups in total. The summed E-state index contributed by atoms with van der Waals surface area (Å²) in [7, 11) is -3.70. The number of benzene rings is 2. The molecule has 0 amide bonds. The molecule has 0 spiro atoms. The predicted molar refractivity (Wildman–Crippen MR) is 91.4 cm³/mol. The molecule has 6 nitrogen and oxygen atoms in total. The molecule has 0 bridgehead atoms. The van der Waals surface area contributed by atoms with Gasteiger partial charge in [-0.25, -0.2) is 13.2 Å². The van der Waals surface area contributed by atoms with Crippen LogP contribution in [0.15, 0.2) is 60.8 Å². The number of aromatic nitrogens is 1. The number of hydrogen-bond donors (Lipinski definition) is 2. The van der Waals surface area contributed by atoms with Crippen LogP contribution in [0.2, 0.25) is 0 Å². The van der Waals surface area contributed by atoms with Crippen LogP contribution in [0.5, 0.6) is 0 Å². The third kappa shape index (κ3) is 3.52. The number of fused-ring (bicyclic) bond motifs is 1. The second kappa shape index (κ2) is 6.29. The highest BCUT2D eigenvalue weighted by molar-refractivity contribution is 7.91. The number of aromatic carboxylic acids is 1. The Morgan fingerprint density at radius 3 is 2.62 bits per heavy atom. The standard InChI is InChI=1S/C17H14N2O4S/c20-17(21)13-5-2-8-15(10-13)19-24(22,23)11-14-6-1-4-12-7-3-9-18-16(12)14/h1-10,19H,11H2,(H,20,21). The zero-order valence-corrected chi connectivity index (χ0v) is 13.3. The van der Waals surface area contributed by atoms with Gasteiger partial charge in [-0.05, 0) is 29.8 Å². The first-order valence-electron chi connectivity index (χ1n) is 7.11. The highest BCUT2D eigenvalue weighted by atomic mass is 32.2. The molecule has 0 aliphatic heterocycles.